The molecule has 3 heteroatoms. The number of ether oxygens (including phenoxy) is 1. The zero-order valence-corrected chi connectivity index (χ0v) is 12.1. The van der Waals surface area contributed by atoms with Crippen molar-refractivity contribution in [1.82, 2.24) is 4.90 Å². The zero-order chi connectivity index (χ0) is 13.6. The van der Waals surface area contributed by atoms with E-state index in [4.69, 9.17) is 10.5 Å². The van der Waals surface area contributed by atoms with E-state index < -0.39 is 0 Å². The standard InChI is InChI=1S/C16H24N2O/c1-4-19-12-6-5-11-9-14-15(17)16(2,13(11)10-12)7-8-18(14)3/h5-6,10,14-15H,4,7-9,17H2,1-3H3. The van der Waals surface area contributed by atoms with Crippen molar-refractivity contribution in [1.29, 1.82) is 0 Å². The van der Waals surface area contributed by atoms with E-state index in [0.717, 1.165) is 25.1 Å². The maximum atomic E-state index is 6.57. The molecule has 1 aliphatic heterocycles. The molecular weight excluding hydrogens is 236 g/mol. The van der Waals surface area contributed by atoms with Gasteiger partial charge in [0.1, 0.15) is 5.75 Å². The van der Waals surface area contributed by atoms with Crippen LogP contribution in [0.1, 0.15) is 31.4 Å². The number of benzene rings is 1. The van der Waals surface area contributed by atoms with Crippen LogP contribution in [0.15, 0.2) is 18.2 Å². The Labute approximate surface area is 115 Å². The highest BCUT2D eigenvalue weighted by molar-refractivity contribution is 5.45. The van der Waals surface area contributed by atoms with Crippen molar-refractivity contribution in [3.8, 4) is 5.75 Å². The molecule has 0 spiro atoms. The lowest BCUT2D eigenvalue weighted by Gasteiger charge is -2.53. The molecule has 0 saturated carbocycles. The van der Waals surface area contributed by atoms with E-state index in [1.807, 2.05) is 6.92 Å². The van der Waals surface area contributed by atoms with Crippen molar-refractivity contribution < 1.29 is 4.74 Å². The Morgan fingerprint density at radius 2 is 2.26 bits per heavy atom. The first-order valence-electron chi connectivity index (χ1n) is 7.28. The molecule has 2 aliphatic rings. The van der Waals surface area contributed by atoms with Crippen molar-refractivity contribution in [3.63, 3.8) is 0 Å². The van der Waals surface area contributed by atoms with Gasteiger partial charge in [-0.25, -0.2) is 0 Å². The fraction of sp³-hybridized carbons (Fsp3) is 0.625. The van der Waals surface area contributed by atoms with Gasteiger partial charge in [-0.1, -0.05) is 13.0 Å². The third-order valence-corrected chi connectivity index (χ3v) is 5.14. The van der Waals surface area contributed by atoms with Crippen molar-refractivity contribution >= 4 is 0 Å². The normalized spacial score (nSPS) is 33.9. The van der Waals surface area contributed by atoms with Crippen LogP contribution in [0.3, 0.4) is 0 Å². The summed E-state index contributed by atoms with van der Waals surface area (Å²) in [5.74, 6) is 0.979. The molecular formula is C16H24N2O. The lowest BCUT2D eigenvalue weighted by Crippen LogP contribution is -2.64. The monoisotopic (exact) mass is 260 g/mol. The summed E-state index contributed by atoms with van der Waals surface area (Å²) < 4.78 is 5.66. The number of likely N-dealkylation sites (N-methyl/N-ethyl adjacent to an activating group) is 1. The minimum Gasteiger partial charge on any atom is -0.494 e. The molecule has 1 fully saturated rings. The summed E-state index contributed by atoms with van der Waals surface area (Å²) in [4.78, 5) is 2.42. The molecule has 1 heterocycles. The number of nitrogens with two attached hydrogens (primary N) is 1. The number of nitrogens with zero attached hydrogens (tertiary/aromatic N) is 1. The molecule has 3 rings (SSSR count). The number of piperidine rings is 1. The molecule has 0 aromatic heterocycles. The van der Waals surface area contributed by atoms with Gasteiger partial charge in [-0.3, -0.25) is 0 Å². The molecule has 3 nitrogen and oxygen atoms in total. The summed E-state index contributed by atoms with van der Waals surface area (Å²) in [5.41, 5.74) is 9.52. The topological polar surface area (TPSA) is 38.5 Å². The van der Waals surface area contributed by atoms with Gasteiger partial charge < -0.3 is 15.4 Å². The SMILES string of the molecule is CCOc1ccc2c(c1)C1(C)CCN(C)C(C2)C1N. The van der Waals surface area contributed by atoms with Gasteiger partial charge in [-0.05, 0) is 56.6 Å². The highest BCUT2D eigenvalue weighted by atomic mass is 16.5. The maximum Gasteiger partial charge on any atom is 0.119 e. The quantitative estimate of drug-likeness (QED) is 0.883. The molecule has 2 bridgehead atoms. The van der Waals surface area contributed by atoms with E-state index in [1.54, 1.807) is 0 Å². The van der Waals surface area contributed by atoms with Crippen molar-refractivity contribution in [2.75, 3.05) is 20.2 Å². The van der Waals surface area contributed by atoms with Crippen LogP contribution < -0.4 is 10.5 Å². The number of hydrogen-bond donors (Lipinski definition) is 1. The van der Waals surface area contributed by atoms with Gasteiger partial charge in [0.2, 0.25) is 0 Å². The van der Waals surface area contributed by atoms with Crippen LogP contribution in [0.2, 0.25) is 0 Å². The summed E-state index contributed by atoms with van der Waals surface area (Å²) in [6.45, 7) is 6.20. The second kappa shape index (κ2) is 4.50. The Bertz CT molecular complexity index is 488. The minimum absolute atomic E-state index is 0.0951. The second-order valence-corrected chi connectivity index (χ2v) is 6.20. The van der Waals surface area contributed by atoms with Crippen LogP contribution in [0.5, 0.6) is 5.75 Å². The predicted octanol–water partition coefficient (Wildman–Crippen LogP) is 1.93. The van der Waals surface area contributed by atoms with Gasteiger partial charge in [0.05, 0.1) is 6.61 Å². The van der Waals surface area contributed by atoms with Crippen LogP contribution in [0, 0.1) is 0 Å². The second-order valence-electron chi connectivity index (χ2n) is 6.20. The van der Waals surface area contributed by atoms with E-state index in [1.165, 1.54) is 11.1 Å². The number of likely N-dealkylation sites (tertiary alicyclic amines) is 1. The minimum atomic E-state index is 0.0951. The Morgan fingerprint density at radius 1 is 1.47 bits per heavy atom. The molecule has 2 N–H and O–H groups in total. The van der Waals surface area contributed by atoms with Gasteiger partial charge in [0.25, 0.3) is 0 Å². The average Bonchev–Trinajstić information content (AvgIpc) is 2.40. The summed E-state index contributed by atoms with van der Waals surface area (Å²) in [6.07, 6.45) is 2.19. The largest absolute Gasteiger partial charge is 0.494 e. The third kappa shape index (κ3) is 1.87. The Kier molecular flexibility index (Phi) is 3.06. The molecule has 104 valence electrons. The molecule has 19 heavy (non-hydrogen) atoms. The van der Waals surface area contributed by atoms with Crippen molar-refractivity contribution in [2.24, 2.45) is 5.73 Å². The van der Waals surface area contributed by atoms with E-state index in [2.05, 4.69) is 37.1 Å². The third-order valence-electron chi connectivity index (χ3n) is 5.14. The summed E-state index contributed by atoms with van der Waals surface area (Å²) in [7, 11) is 2.20. The average molecular weight is 260 g/mol. The van der Waals surface area contributed by atoms with Crippen LogP contribution in [0.4, 0.5) is 0 Å². The summed E-state index contributed by atoms with van der Waals surface area (Å²) >= 11 is 0. The Morgan fingerprint density at radius 3 is 3.00 bits per heavy atom. The van der Waals surface area contributed by atoms with Crippen molar-refractivity contribution in [2.45, 2.75) is 44.2 Å². The van der Waals surface area contributed by atoms with Crippen LogP contribution >= 0.6 is 0 Å². The number of hydrogen-bond acceptors (Lipinski definition) is 3. The highest BCUT2D eigenvalue weighted by Gasteiger charge is 2.48. The van der Waals surface area contributed by atoms with Gasteiger partial charge >= 0.3 is 0 Å². The molecule has 1 aliphatic carbocycles. The first-order valence-corrected chi connectivity index (χ1v) is 7.28. The summed E-state index contributed by atoms with van der Waals surface area (Å²) in [5, 5.41) is 0. The lowest BCUT2D eigenvalue weighted by molar-refractivity contribution is 0.0861. The molecule has 0 radical (unpaired) electrons. The van der Waals surface area contributed by atoms with E-state index >= 15 is 0 Å². The van der Waals surface area contributed by atoms with E-state index in [-0.39, 0.29) is 11.5 Å². The van der Waals surface area contributed by atoms with E-state index in [0.29, 0.717) is 12.6 Å². The highest BCUT2D eigenvalue weighted by Crippen LogP contribution is 2.44. The molecule has 0 amide bonds. The van der Waals surface area contributed by atoms with Gasteiger partial charge in [0, 0.05) is 17.5 Å². The Hall–Kier alpha value is -1.06. The first kappa shape index (κ1) is 12.9. The molecule has 1 aromatic carbocycles. The zero-order valence-electron chi connectivity index (χ0n) is 12.1. The lowest BCUT2D eigenvalue weighted by atomic mass is 9.62. The number of fused-ring (bicyclic) bond motifs is 4. The van der Waals surface area contributed by atoms with Crippen molar-refractivity contribution in [3.05, 3.63) is 29.3 Å². The first-order chi connectivity index (χ1) is 9.06. The van der Waals surface area contributed by atoms with Gasteiger partial charge in [-0.2, -0.15) is 0 Å². The molecule has 1 aromatic rings. The van der Waals surface area contributed by atoms with Gasteiger partial charge in [0.15, 0.2) is 0 Å². The Balaban J connectivity index is 2.06. The fourth-order valence-electron chi connectivity index (χ4n) is 3.78. The van der Waals surface area contributed by atoms with E-state index in [9.17, 15) is 0 Å². The maximum absolute atomic E-state index is 6.57. The predicted molar refractivity (Wildman–Crippen MR) is 77.7 cm³/mol. The summed E-state index contributed by atoms with van der Waals surface area (Å²) in [6, 6.07) is 7.24. The van der Waals surface area contributed by atoms with Crippen LogP contribution in [0.25, 0.3) is 0 Å². The fourth-order valence-corrected chi connectivity index (χ4v) is 3.78. The van der Waals surface area contributed by atoms with Crippen LogP contribution in [-0.4, -0.2) is 37.2 Å². The molecule has 3 atom stereocenters. The molecule has 1 saturated heterocycles. The number of rotatable bonds is 2. The van der Waals surface area contributed by atoms with Gasteiger partial charge in [-0.15, -0.1) is 0 Å². The molecule has 3 unspecified atom stereocenters. The van der Waals surface area contributed by atoms with Crippen LogP contribution in [-0.2, 0) is 11.8 Å². The smallest absolute Gasteiger partial charge is 0.119 e.